The number of aromatic nitrogens is 3. The number of rotatable bonds is 6. The van der Waals surface area contributed by atoms with Crippen LogP contribution in [-0.4, -0.2) is 15.0 Å². The minimum absolute atomic E-state index is 0.589. The van der Waals surface area contributed by atoms with Crippen LogP contribution < -0.4 is 0 Å². The molecule has 5 heteroatoms. The van der Waals surface area contributed by atoms with E-state index < -0.39 is 0 Å². The van der Waals surface area contributed by atoms with Crippen molar-refractivity contribution >= 4 is 53.4 Å². The lowest BCUT2D eigenvalue weighted by Gasteiger charge is -2.12. The molecule has 3 heterocycles. The Morgan fingerprint density at radius 1 is 0.321 bits per heavy atom. The van der Waals surface area contributed by atoms with Gasteiger partial charge in [-0.25, -0.2) is 15.0 Å². The molecule has 0 spiro atoms. The van der Waals surface area contributed by atoms with E-state index in [9.17, 15) is 0 Å². The highest BCUT2D eigenvalue weighted by Gasteiger charge is 2.18. The van der Waals surface area contributed by atoms with Crippen molar-refractivity contribution in [3.63, 3.8) is 0 Å². The van der Waals surface area contributed by atoms with Crippen LogP contribution in [0.4, 0.5) is 0 Å². The number of nitrogens with zero attached hydrogens (tertiary/aromatic N) is 3. The highest BCUT2D eigenvalue weighted by Crippen LogP contribution is 2.44. The van der Waals surface area contributed by atoms with Gasteiger partial charge in [-0.2, -0.15) is 0 Å². The van der Waals surface area contributed by atoms with Gasteiger partial charge >= 0.3 is 0 Å². The second-order valence-electron chi connectivity index (χ2n) is 14.0. The van der Waals surface area contributed by atoms with Crippen LogP contribution in [0.1, 0.15) is 0 Å². The molecular formula is C51H31N3OS. The van der Waals surface area contributed by atoms with Gasteiger partial charge in [0, 0.05) is 47.6 Å². The van der Waals surface area contributed by atoms with Crippen molar-refractivity contribution < 1.29 is 4.42 Å². The van der Waals surface area contributed by atoms with E-state index in [0.29, 0.717) is 17.5 Å². The van der Waals surface area contributed by atoms with Crippen molar-refractivity contribution in [2.75, 3.05) is 0 Å². The number of benzene rings is 8. The molecule has 0 atom stereocenters. The summed E-state index contributed by atoms with van der Waals surface area (Å²) < 4.78 is 9.14. The largest absolute Gasteiger partial charge is 0.456 e. The molecular weight excluding hydrogens is 703 g/mol. The third kappa shape index (κ3) is 5.56. The van der Waals surface area contributed by atoms with E-state index >= 15 is 0 Å². The average molecular weight is 734 g/mol. The maximum Gasteiger partial charge on any atom is 0.164 e. The number of thiophene rings is 1. The maximum absolute atomic E-state index is 6.54. The molecule has 8 aromatic carbocycles. The fraction of sp³-hybridized carbons (Fsp3) is 0. The summed E-state index contributed by atoms with van der Waals surface area (Å²) in [6.45, 7) is 0. The van der Waals surface area contributed by atoms with E-state index in [0.717, 1.165) is 55.3 Å². The molecule has 0 aliphatic rings. The smallest absolute Gasteiger partial charge is 0.164 e. The zero-order valence-corrected chi connectivity index (χ0v) is 30.9. The Balaban J connectivity index is 1.02. The number of hydrogen-bond acceptors (Lipinski definition) is 5. The van der Waals surface area contributed by atoms with Crippen LogP contribution in [0, 0.1) is 0 Å². The predicted molar refractivity (Wildman–Crippen MR) is 233 cm³/mol. The normalized spacial score (nSPS) is 11.6. The molecule has 0 unspecified atom stereocenters. The summed E-state index contributed by atoms with van der Waals surface area (Å²) in [5, 5.41) is 4.72. The lowest BCUT2D eigenvalue weighted by Crippen LogP contribution is -2.00. The van der Waals surface area contributed by atoms with Gasteiger partial charge in [-0.05, 0) is 75.8 Å². The molecule has 0 bridgehead atoms. The Morgan fingerprint density at radius 2 is 0.911 bits per heavy atom. The van der Waals surface area contributed by atoms with Gasteiger partial charge in [-0.15, -0.1) is 11.3 Å². The number of fused-ring (bicyclic) bond motifs is 6. The van der Waals surface area contributed by atoms with Crippen molar-refractivity contribution in [3.05, 3.63) is 188 Å². The molecule has 0 aliphatic carbocycles. The summed E-state index contributed by atoms with van der Waals surface area (Å²) >= 11 is 1.85. The summed E-state index contributed by atoms with van der Waals surface area (Å²) in [6.07, 6.45) is 0. The van der Waals surface area contributed by atoms with Gasteiger partial charge in [0.25, 0.3) is 0 Å². The van der Waals surface area contributed by atoms with Crippen LogP contribution in [0.2, 0.25) is 0 Å². The second-order valence-corrected chi connectivity index (χ2v) is 15.0. The summed E-state index contributed by atoms with van der Waals surface area (Å²) in [6, 6.07) is 65.7. The van der Waals surface area contributed by atoms with E-state index in [1.807, 2.05) is 47.7 Å². The molecule has 0 radical (unpaired) electrons. The summed E-state index contributed by atoms with van der Waals surface area (Å²) in [7, 11) is 0. The number of furan rings is 1. The van der Waals surface area contributed by atoms with E-state index in [1.165, 1.54) is 36.9 Å². The second kappa shape index (κ2) is 13.3. The molecule has 0 fully saturated rings. The molecule has 3 aromatic heterocycles. The maximum atomic E-state index is 6.54. The van der Waals surface area contributed by atoms with E-state index in [4.69, 9.17) is 19.4 Å². The first kappa shape index (κ1) is 32.2. The zero-order valence-electron chi connectivity index (χ0n) is 30.1. The third-order valence-electron chi connectivity index (χ3n) is 10.6. The van der Waals surface area contributed by atoms with Crippen molar-refractivity contribution in [3.8, 4) is 67.5 Å². The Morgan fingerprint density at radius 3 is 1.73 bits per heavy atom. The fourth-order valence-electron chi connectivity index (χ4n) is 7.87. The fourth-order valence-corrected chi connectivity index (χ4v) is 9.00. The van der Waals surface area contributed by atoms with Gasteiger partial charge in [-0.1, -0.05) is 146 Å². The Bertz CT molecular complexity index is 3260. The van der Waals surface area contributed by atoms with Gasteiger partial charge < -0.3 is 4.42 Å². The molecule has 0 N–H and O–H groups in total. The van der Waals surface area contributed by atoms with Gasteiger partial charge in [0.05, 0.1) is 0 Å². The van der Waals surface area contributed by atoms with Crippen molar-refractivity contribution in [1.29, 1.82) is 0 Å². The minimum Gasteiger partial charge on any atom is -0.456 e. The molecule has 56 heavy (non-hydrogen) atoms. The first-order chi connectivity index (χ1) is 27.7. The Labute approximate surface area is 327 Å². The quantitative estimate of drug-likeness (QED) is 0.171. The van der Waals surface area contributed by atoms with Gasteiger partial charge in [0.2, 0.25) is 0 Å². The van der Waals surface area contributed by atoms with E-state index in [2.05, 4.69) is 152 Å². The lowest BCUT2D eigenvalue weighted by molar-refractivity contribution is 0.669. The monoisotopic (exact) mass is 733 g/mol. The first-order valence-corrected chi connectivity index (χ1v) is 19.5. The zero-order chi connectivity index (χ0) is 37.0. The highest BCUT2D eigenvalue weighted by molar-refractivity contribution is 7.25. The van der Waals surface area contributed by atoms with Crippen LogP contribution in [-0.2, 0) is 0 Å². The average Bonchev–Trinajstić information content (AvgIpc) is 3.85. The molecule has 0 saturated carbocycles. The molecule has 262 valence electrons. The standard InChI is InChI=1S/C51H31N3OS/c1-3-13-32(14-4-1)34-17-11-18-36(29-34)50-52-49(33-15-5-2-6-16-33)53-51(54-50)37-25-27-40-43-30-35(26-28-44(43)55-45(40)31-37)38-19-7-8-20-39(38)41-22-12-24-47-48(41)42-21-9-10-23-46(42)56-47/h1-31H. The molecule has 0 aliphatic heterocycles. The van der Waals surface area contributed by atoms with Gasteiger partial charge in [0.1, 0.15) is 11.2 Å². The Hall–Kier alpha value is -7.21. The summed E-state index contributed by atoms with van der Waals surface area (Å²) in [4.78, 5) is 15.0. The molecule has 4 nitrogen and oxygen atoms in total. The summed E-state index contributed by atoms with van der Waals surface area (Å²) in [5.74, 6) is 1.83. The van der Waals surface area contributed by atoms with E-state index in [-0.39, 0.29) is 0 Å². The van der Waals surface area contributed by atoms with Crippen LogP contribution in [0.3, 0.4) is 0 Å². The topological polar surface area (TPSA) is 51.8 Å². The molecule has 11 rings (SSSR count). The highest BCUT2D eigenvalue weighted by atomic mass is 32.1. The third-order valence-corrected chi connectivity index (χ3v) is 11.7. The lowest BCUT2D eigenvalue weighted by atomic mass is 9.91. The molecule has 11 aromatic rings. The van der Waals surface area contributed by atoms with E-state index in [1.54, 1.807) is 0 Å². The Kier molecular flexibility index (Phi) is 7.64. The first-order valence-electron chi connectivity index (χ1n) is 18.7. The minimum atomic E-state index is 0.589. The van der Waals surface area contributed by atoms with Gasteiger partial charge in [-0.3, -0.25) is 0 Å². The van der Waals surface area contributed by atoms with Crippen LogP contribution in [0.15, 0.2) is 192 Å². The summed E-state index contributed by atoms with van der Waals surface area (Å²) in [5.41, 5.74) is 11.4. The number of hydrogen-bond donors (Lipinski definition) is 0. The van der Waals surface area contributed by atoms with Crippen LogP contribution >= 0.6 is 11.3 Å². The van der Waals surface area contributed by atoms with Crippen LogP contribution in [0.5, 0.6) is 0 Å². The SMILES string of the molecule is c1ccc(-c2cccc(-c3nc(-c4ccccc4)nc(-c4ccc5c(c4)oc4ccc(-c6ccccc6-c6cccc7sc8ccccc8c67)cc45)n3)c2)cc1. The van der Waals surface area contributed by atoms with Crippen molar-refractivity contribution in [2.45, 2.75) is 0 Å². The van der Waals surface area contributed by atoms with Crippen molar-refractivity contribution in [2.24, 2.45) is 0 Å². The van der Waals surface area contributed by atoms with Crippen LogP contribution in [0.25, 0.3) is 110 Å². The predicted octanol–water partition coefficient (Wildman–Crippen LogP) is 14.1. The molecule has 0 amide bonds. The van der Waals surface area contributed by atoms with Crippen molar-refractivity contribution in [1.82, 2.24) is 15.0 Å². The van der Waals surface area contributed by atoms with Gasteiger partial charge in [0.15, 0.2) is 17.5 Å². The molecule has 0 saturated heterocycles.